The van der Waals surface area contributed by atoms with Gasteiger partial charge in [-0.05, 0) is 31.0 Å². The van der Waals surface area contributed by atoms with Crippen LogP contribution in [0.25, 0.3) is 11.5 Å². The second kappa shape index (κ2) is 6.85. The number of rotatable bonds is 2. The lowest BCUT2D eigenvalue weighted by Gasteiger charge is -2.39. The molecule has 2 aromatic rings. The van der Waals surface area contributed by atoms with Gasteiger partial charge in [0.1, 0.15) is 6.54 Å². The van der Waals surface area contributed by atoms with Crippen LogP contribution in [0.3, 0.4) is 0 Å². The fourth-order valence-corrected chi connectivity index (χ4v) is 4.18. The number of hydrogen-bond acceptors (Lipinski definition) is 9. The highest BCUT2D eigenvalue weighted by Gasteiger charge is 2.53. The van der Waals surface area contributed by atoms with E-state index in [1.165, 1.54) is 0 Å². The molecule has 6 rings (SSSR count). The molecular weight excluding hydrogens is 400 g/mol. The van der Waals surface area contributed by atoms with E-state index in [0.717, 1.165) is 25.0 Å². The molecule has 0 saturated carbocycles. The lowest BCUT2D eigenvalue weighted by atomic mass is 10.1. The van der Waals surface area contributed by atoms with Gasteiger partial charge in [-0.2, -0.15) is 0 Å². The van der Waals surface area contributed by atoms with Crippen molar-refractivity contribution in [2.45, 2.75) is 24.8 Å². The van der Waals surface area contributed by atoms with Crippen molar-refractivity contribution in [2.75, 3.05) is 24.5 Å². The van der Waals surface area contributed by atoms with Crippen molar-refractivity contribution in [3.8, 4) is 11.5 Å². The molecule has 0 atom stereocenters. The summed E-state index contributed by atoms with van der Waals surface area (Å²) in [5.41, 5.74) is 0.699. The van der Waals surface area contributed by atoms with Gasteiger partial charge in [0.2, 0.25) is 5.89 Å². The predicted octanol–water partition coefficient (Wildman–Crippen LogP) is 1.98. The van der Waals surface area contributed by atoms with Crippen LogP contribution in [-0.4, -0.2) is 58.6 Å². The molecule has 0 radical (unpaired) electrons. The van der Waals surface area contributed by atoms with Gasteiger partial charge in [0, 0.05) is 41.9 Å². The van der Waals surface area contributed by atoms with Crippen LogP contribution in [0.5, 0.6) is 0 Å². The highest BCUT2D eigenvalue weighted by molar-refractivity contribution is 6.30. The molecule has 4 aliphatic rings. The van der Waals surface area contributed by atoms with Gasteiger partial charge in [0.15, 0.2) is 0 Å². The molecule has 3 fully saturated rings. The maximum atomic E-state index is 12.1. The van der Waals surface area contributed by atoms with Gasteiger partial charge < -0.3 is 18.8 Å². The van der Waals surface area contributed by atoms with Crippen molar-refractivity contribution >= 4 is 29.6 Å². The lowest BCUT2D eigenvalue weighted by molar-refractivity contribution is -0.274. The van der Waals surface area contributed by atoms with Crippen molar-refractivity contribution in [3.05, 3.63) is 41.4 Å². The Kier molecular flexibility index (Phi) is 4.29. The van der Waals surface area contributed by atoms with Crippen molar-refractivity contribution in [1.29, 1.82) is 0 Å². The Hall–Kier alpha value is -2.91. The molecule has 9 nitrogen and oxygen atoms in total. The quantitative estimate of drug-likeness (QED) is 0.680. The molecule has 0 N–H and O–H groups in total. The van der Waals surface area contributed by atoms with E-state index in [2.05, 4.69) is 10.2 Å². The van der Waals surface area contributed by atoms with Crippen molar-refractivity contribution in [1.82, 2.24) is 15.1 Å². The first kappa shape index (κ1) is 18.1. The van der Waals surface area contributed by atoms with Gasteiger partial charge in [0.25, 0.3) is 0 Å². The monoisotopic (exact) mass is 416 g/mol. The maximum absolute atomic E-state index is 12.1. The molecule has 5 heterocycles. The molecule has 1 aromatic carbocycles. The normalized spacial score (nSPS) is 25.5. The Morgan fingerprint density at radius 3 is 2.48 bits per heavy atom. The van der Waals surface area contributed by atoms with E-state index in [-0.39, 0.29) is 18.6 Å². The third-order valence-corrected chi connectivity index (χ3v) is 5.60. The van der Waals surface area contributed by atoms with Crippen LogP contribution in [0.2, 0.25) is 5.02 Å². The predicted molar refractivity (Wildman–Crippen MR) is 101 cm³/mol. The standard InChI is InChI=1S/C19H17ClN4O5/c20-13-3-1-2-12(10-13)17-21-22-18(27-17)24-11-19(23-8-6-14(24)7-9-23)28-15(25)4-5-16(26)29-19/h1-5,10,14H,6-9,11H2. The third kappa shape index (κ3) is 3.26. The summed E-state index contributed by atoms with van der Waals surface area (Å²) in [5, 5.41) is 8.90. The average molecular weight is 417 g/mol. The van der Waals surface area contributed by atoms with E-state index in [4.69, 9.17) is 25.5 Å². The third-order valence-electron chi connectivity index (χ3n) is 5.36. The Bertz CT molecular complexity index is 978. The Morgan fingerprint density at radius 2 is 1.79 bits per heavy atom. The van der Waals surface area contributed by atoms with Crippen LogP contribution in [0.4, 0.5) is 6.01 Å². The van der Waals surface area contributed by atoms with E-state index in [9.17, 15) is 9.59 Å². The smallest absolute Gasteiger partial charge is 0.339 e. The minimum atomic E-state index is -1.53. The summed E-state index contributed by atoms with van der Waals surface area (Å²) >= 11 is 6.05. The van der Waals surface area contributed by atoms with Gasteiger partial charge in [-0.3, -0.25) is 0 Å². The van der Waals surface area contributed by atoms with Gasteiger partial charge >= 0.3 is 23.9 Å². The zero-order valence-corrected chi connectivity index (χ0v) is 16.0. The summed E-state index contributed by atoms with van der Waals surface area (Å²) < 4.78 is 17.1. The zero-order chi connectivity index (χ0) is 20.0. The number of fused-ring (bicyclic) bond motifs is 3. The van der Waals surface area contributed by atoms with Gasteiger partial charge in [-0.15, -0.1) is 5.10 Å². The molecule has 1 aromatic heterocycles. The first-order valence-electron chi connectivity index (χ1n) is 9.28. The summed E-state index contributed by atoms with van der Waals surface area (Å²) in [5.74, 6) is -2.47. The van der Waals surface area contributed by atoms with Crippen LogP contribution in [-0.2, 0) is 19.1 Å². The van der Waals surface area contributed by atoms with E-state index < -0.39 is 17.8 Å². The molecule has 3 saturated heterocycles. The van der Waals surface area contributed by atoms with Gasteiger partial charge in [-0.1, -0.05) is 22.8 Å². The fraction of sp³-hybridized carbons (Fsp3) is 0.368. The molecule has 150 valence electrons. The largest absolute Gasteiger partial charge is 0.403 e. The van der Waals surface area contributed by atoms with Crippen LogP contribution >= 0.6 is 11.6 Å². The molecule has 29 heavy (non-hydrogen) atoms. The second-order valence-corrected chi connectivity index (χ2v) is 7.57. The molecule has 4 aliphatic heterocycles. The number of anilines is 1. The number of esters is 2. The first-order valence-corrected chi connectivity index (χ1v) is 9.65. The van der Waals surface area contributed by atoms with Crippen molar-refractivity contribution in [2.24, 2.45) is 0 Å². The van der Waals surface area contributed by atoms with Gasteiger partial charge in [-0.25, -0.2) is 14.5 Å². The number of halogens is 1. The number of carbonyl (C=O) groups excluding carboxylic acids is 2. The zero-order valence-electron chi connectivity index (χ0n) is 15.3. The Balaban J connectivity index is 1.50. The van der Waals surface area contributed by atoms with E-state index in [1.807, 2.05) is 15.9 Å². The number of benzene rings is 1. The van der Waals surface area contributed by atoms with Gasteiger partial charge in [0.05, 0.1) is 0 Å². The van der Waals surface area contributed by atoms with Crippen LogP contribution in [0.15, 0.2) is 40.8 Å². The molecule has 0 aliphatic carbocycles. The number of piperidine rings is 1. The molecule has 0 unspecified atom stereocenters. The minimum Gasteiger partial charge on any atom is -0.403 e. The summed E-state index contributed by atoms with van der Waals surface area (Å²) in [4.78, 5) is 27.9. The average Bonchev–Trinajstić information content (AvgIpc) is 3.03. The minimum absolute atomic E-state index is 0.0774. The Morgan fingerprint density at radius 1 is 1.07 bits per heavy atom. The summed E-state index contributed by atoms with van der Waals surface area (Å²) in [6.45, 7) is 1.29. The van der Waals surface area contributed by atoms with Crippen LogP contribution in [0, 0.1) is 0 Å². The van der Waals surface area contributed by atoms with E-state index in [0.29, 0.717) is 29.6 Å². The van der Waals surface area contributed by atoms with Crippen molar-refractivity contribution in [3.63, 3.8) is 0 Å². The fourth-order valence-electron chi connectivity index (χ4n) is 3.99. The van der Waals surface area contributed by atoms with E-state index in [1.54, 1.807) is 18.2 Å². The molecule has 1 spiro atoms. The molecule has 0 amide bonds. The highest BCUT2D eigenvalue weighted by Crippen LogP contribution is 2.37. The number of ether oxygens (including phenoxy) is 2. The summed E-state index contributed by atoms with van der Waals surface area (Å²) in [6, 6.07) is 7.49. The number of hydrogen-bond donors (Lipinski definition) is 0. The van der Waals surface area contributed by atoms with Crippen LogP contribution < -0.4 is 4.90 Å². The summed E-state index contributed by atoms with van der Waals surface area (Å²) in [6.07, 6.45) is 3.70. The number of aromatic nitrogens is 2. The Labute approximate surface area is 170 Å². The maximum Gasteiger partial charge on any atom is 0.339 e. The SMILES string of the molecule is O=C1C=CC(=O)OC2(CN(c3nnc(-c4cccc(Cl)c4)o3)C3CCN2CC3)O1. The summed E-state index contributed by atoms with van der Waals surface area (Å²) in [7, 11) is 0. The highest BCUT2D eigenvalue weighted by atomic mass is 35.5. The van der Waals surface area contributed by atoms with Crippen molar-refractivity contribution < 1.29 is 23.5 Å². The number of nitrogens with zero attached hydrogens (tertiary/aromatic N) is 4. The lowest BCUT2D eigenvalue weighted by Crippen LogP contribution is -2.58. The molecule has 10 heteroatoms. The van der Waals surface area contributed by atoms with Crippen LogP contribution in [0.1, 0.15) is 12.8 Å². The topological polar surface area (TPSA) is 98.0 Å². The molecular formula is C19H17ClN4O5. The molecule has 2 bridgehead atoms. The first-order chi connectivity index (χ1) is 14.0. The second-order valence-electron chi connectivity index (χ2n) is 7.13. The number of carbonyl (C=O) groups is 2. The van der Waals surface area contributed by atoms with E-state index >= 15 is 0 Å².